The zero-order valence-corrected chi connectivity index (χ0v) is 17.2. The summed E-state index contributed by atoms with van der Waals surface area (Å²) in [6.07, 6.45) is 0. The number of carbonyl (C=O) groups is 2. The van der Waals surface area contributed by atoms with Gasteiger partial charge in [0.15, 0.2) is 11.5 Å². The number of aromatic nitrogens is 1. The Morgan fingerprint density at radius 1 is 1.03 bits per heavy atom. The van der Waals surface area contributed by atoms with Gasteiger partial charge in [0.05, 0.1) is 12.1 Å². The predicted molar refractivity (Wildman–Crippen MR) is 114 cm³/mol. The monoisotopic (exact) mass is 423 g/mol. The number of ether oxygens (including phenoxy) is 2. The molecule has 7 nitrogen and oxygen atoms in total. The number of hydrogen-bond acceptors (Lipinski definition) is 4. The van der Waals surface area contributed by atoms with Crippen molar-refractivity contribution in [2.24, 2.45) is 0 Å². The first kappa shape index (κ1) is 20.5. The Balaban J connectivity index is 1.46. The molecule has 31 heavy (non-hydrogen) atoms. The molecule has 0 spiro atoms. The van der Waals surface area contributed by atoms with Crippen molar-refractivity contribution in [3.05, 3.63) is 71.3 Å². The number of rotatable bonds is 5. The Morgan fingerprint density at radius 2 is 1.81 bits per heavy atom. The summed E-state index contributed by atoms with van der Waals surface area (Å²) >= 11 is 0. The van der Waals surface area contributed by atoms with Gasteiger partial charge in [-0.05, 0) is 50.2 Å². The second-order valence-electron chi connectivity index (χ2n) is 7.19. The zero-order valence-electron chi connectivity index (χ0n) is 17.2. The summed E-state index contributed by atoms with van der Waals surface area (Å²) in [5.74, 6) is 0.0929. The van der Waals surface area contributed by atoms with Crippen LogP contribution in [0.3, 0.4) is 0 Å². The molecule has 0 unspecified atom stereocenters. The highest BCUT2D eigenvalue weighted by Gasteiger charge is 2.19. The highest BCUT2D eigenvalue weighted by Crippen LogP contribution is 2.33. The highest BCUT2D eigenvalue weighted by molar-refractivity contribution is 6.00. The van der Waals surface area contributed by atoms with E-state index in [9.17, 15) is 14.0 Å². The normalized spacial score (nSPS) is 12.4. The molecule has 2 N–H and O–H groups in total. The number of amides is 2. The summed E-state index contributed by atoms with van der Waals surface area (Å²) in [7, 11) is 0. The summed E-state index contributed by atoms with van der Waals surface area (Å²) in [6, 6.07) is 13.0. The fraction of sp³-hybridized carbons (Fsp3) is 0.217. The Bertz CT molecular complexity index is 1160. The molecule has 0 atom stereocenters. The Labute approximate surface area is 178 Å². The van der Waals surface area contributed by atoms with Gasteiger partial charge in [-0.25, -0.2) is 4.39 Å². The van der Waals surface area contributed by atoms with Crippen LogP contribution in [-0.2, 0) is 4.79 Å². The number of fused-ring (bicyclic) bond motifs is 1. The molecule has 2 aromatic carbocycles. The average Bonchev–Trinajstić information content (AvgIpc) is 3.05. The Kier molecular flexibility index (Phi) is 5.62. The third-order valence-corrected chi connectivity index (χ3v) is 4.98. The van der Waals surface area contributed by atoms with Crippen molar-refractivity contribution in [1.82, 2.24) is 9.88 Å². The minimum atomic E-state index is -0.451. The molecule has 1 aliphatic rings. The van der Waals surface area contributed by atoms with E-state index in [0.717, 1.165) is 17.1 Å². The molecule has 1 aromatic heterocycles. The lowest BCUT2D eigenvalue weighted by Crippen LogP contribution is -2.33. The van der Waals surface area contributed by atoms with E-state index in [-0.39, 0.29) is 12.5 Å². The van der Waals surface area contributed by atoms with E-state index < -0.39 is 11.7 Å². The van der Waals surface area contributed by atoms with Gasteiger partial charge in [0.25, 0.3) is 5.91 Å². The van der Waals surface area contributed by atoms with Crippen LogP contribution in [0.4, 0.5) is 10.1 Å². The van der Waals surface area contributed by atoms with Gasteiger partial charge in [0.1, 0.15) is 19.0 Å². The van der Waals surface area contributed by atoms with Crippen LogP contribution in [0.1, 0.15) is 21.7 Å². The van der Waals surface area contributed by atoms with E-state index >= 15 is 0 Å². The van der Waals surface area contributed by atoms with Crippen LogP contribution in [0.15, 0.2) is 48.5 Å². The molecule has 0 radical (unpaired) electrons. The zero-order chi connectivity index (χ0) is 22.0. The van der Waals surface area contributed by atoms with Crippen molar-refractivity contribution in [2.75, 3.05) is 25.1 Å². The lowest BCUT2D eigenvalue weighted by molar-refractivity contribution is -0.115. The van der Waals surface area contributed by atoms with Gasteiger partial charge in [0, 0.05) is 28.8 Å². The smallest absolute Gasteiger partial charge is 0.253 e. The lowest BCUT2D eigenvalue weighted by atomic mass is 10.2. The van der Waals surface area contributed by atoms with Gasteiger partial charge in [-0.15, -0.1) is 0 Å². The second kappa shape index (κ2) is 8.51. The van der Waals surface area contributed by atoms with Crippen molar-refractivity contribution < 1.29 is 23.5 Å². The first-order chi connectivity index (χ1) is 14.9. The lowest BCUT2D eigenvalue weighted by Gasteiger charge is -2.20. The molecule has 0 bridgehead atoms. The molecule has 160 valence electrons. The number of benzene rings is 2. The van der Waals surface area contributed by atoms with E-state index in [1.165, 1.54) is 18.2 Å². The van der Waals surface area contributed by atoms with Gasteiger partial charge in [-0.1, -0.05) is 6.07 Å². The maximum Gasteiger partial charge on any atom is 0.253 e. The number of halogens is 1. The van der Waals surface area contributed by atoms with E-state index in [1.807, 2.05) is 36.6 Å². The van der Waals surface area contributed by atoms with Gasteiger partial charge in [-0.3, -0.25) is 9.59 Å². The fourth-order valence-electron chi connectivity index (χ4n) is 3.59. The number of nitrogens with one attached hydrogen (secondary N) is 2. The maximum absolute atomic E-state index is 13.2. The molecule has 3 aromatic rings. The number of aryl methyl sites for hydroxylation is 1. The van der Waals surface area contributed by atoms with Gasteiger partial charge < -0.3 is 24.7 Å². The molecule has 0 aliphatic carbocycles. The summed E-state index contributed by atoms with van der Waals surface area (Å²) in [5.41, 5.74) is 3.24. The van der Waals surface area contributed by atoms with Crippen molar-refractivity contribution in [1.29, 1.82) is 0 Å². The molecule has 1 aliphatic heterocycles. The minimum absolute atomic E-state index is 0.233. The third-order valence-electron chi connectivity index (χ3n) is 4.98. The summed E-state index contributed by atoms with van der Waals surface area (Å²) in [5, 5.41) is 5.16. The highest BCUT2D eigenvalue weighted by atomic mass is 19.1. The summed E-state index contributed by atoms with van der Waals surface area (Å²) in [6.45, 7) is 4.52. The third kappa shape index (κ3) is 4.37. The minimum Gasteiger partial charge on any atom is -0.486 e. The van der Waals surface area contributed by atoms with Crippen LogP contribution in [0.2, 0.25) is 0 Å². The summed E-state index contributed by atoms with van der Waals surface area (Å²) in [4.78, 5) is 24.8. The largest absolute Gasteiger partial charge is 0.486 e. The van der Waals surface area contributed by atoms with Crippen LogP contribution in [-0.4, -0.2) is 36.1 Å². The number of carbonyl (C=O) groups excluding carboxylic acids is 2. The van der Waals surface area contributed by atoms with Crippen LogP contribution < -0.4 is 20.1 Å². The first-order valence-electron chi connectivity index (χ1n) is 9.85. The molecule has 4 rings (SSSR count). The van der Waals surface area contributed by atoms with Crippen LogP contribution in [0.25, 0.3) is 5.69 Å². The molecular formula is C23H22FN3O4. The van der Waals surface area contributed by atoms with Gasteiger partial charge in [0.2, 0.25) is 5.91 Å². The van der Waals surface area contributed by atoms with Crippen LogP contribution >= 0.6 is 0 Å². The average molecular weight is 423 g/mol. The standard InChI is InChI=1S/C23H22FN3O4/c1-14-10-19(23(29)25-13-22(28)26-17-5-3-4-16(24)11-17)15(2)27(14)18-6-7-20-21(12-18)31-9-8-30-20/h3-7,10-12H,8-9,13H2,1-2H3,(H,25,29)(H,26,28). The van der Waals surface area contributed by atoms with E-state index in [0.29, 0.717) is 36.0 Å². The second-order valence-corrected chi connectivity index (χ2v) is 7.19. The van der Waals surface area contributed by atoms with Crippen molar-refractivity contribution in [2.45, 2.75) is 13.8 Å². The molecular weight excluding hydrogens is 401 g/mol. The van der Waals surface area contributed by atoms with E-state index in [1.54, 1.807) is 12.1 Å². The molecule has 0 fully saturated rings. The summed E-state index contributed by atoms with van der Waals surface area (Å²) < 4.78 is 26.4. The maximum atomic E-state index is 13.2. The van der Waals surface area contributed by atoms with Crippen LogP contribution in [0.5, 0.6) is 11.5 Å². The Morgan fingerprint density at radius 3 is 2.58 bits per heavy atom. The van der Waals surface area contributed by atoms with Crippen LogP contribution in [0, 0.1) is 19.7 Å². The molecule has 2 amide bonds. The van der Waals surface area contributed by atoms with Gasteiger partial charge in [-0.2, -0.15) is 0 Å². The Hall–Kier alpha value is -3.81. The topological polar surface area (TPSA) is 81.6 Å². The van der Waals surface area contributed by atoms with Crippen molar-refractivity contribution in [3.8, 4) is 17.2 Å². The molecule has 0 saturated heterocycles. The van der Waals surface area contributed by atoms with Crippen molar-refractivity contribution in [3.63, 3.8) is 0 Å². The predicted octanol–water partition coefficient (Wildman–Crippen LogP) is 3.37. The molecule has 0 saturated carbocycles. The fourth-order valence-corrected chi connectivity index (χ4v) is 3.59. The number of hydrogen-bond donors (Lipinski definition) is 2. The number of nitrogens with zero attached hydrogens (tertiary/aromatic N) is 1. The van der Waals surface area contributed by atoms with Crippen molar-refractivity contribution >= 4 is 17.5 Å². The molecule has 2 heterocycles. The van der Waals surface area contributed by atoms with Gasteiger partial charge >= 0.3 is 0 Å². The molecule has 8 heteroatoms. The quantitative estimate of drug-likeness (QED) is 0.659. The SMILES string of the molecule is Cc1cc(C(=O)NCC(=O)Nc2cccc(F)c2)c(C)n1-c1ccc2c(c1)OCCO2. The van der Waals surface area contributed by atoms with E-state index in [2.05, 4.69) is 10.6 Å². The first-order valence-corrected chi connectivity index (χ1v) is 9.85. The number of anilines is 1. The van der Waals surface area contributed by atoms with E-state index in [4.69, 9.17) is 9.47 Å².